The number of carbonyl (C=O) groups is 1. The first kappa shape index (κ1) is 17.1. The van der Waals surface area contributed by atoms with Gasteiger partial charge in [-0.15, -0.1) is 0 Å². The minimum absolute atomic E-state index is 0.103. The molecule has 1 rings (SSSR count). The van der Waals surface area contributed by atoms with E-state index < -0.39 is 29.5 Å². The van der Waals surface area contributed by atoms with E-state index in [0.717, 1.165) is 4.90 Å². The molecule has 0 unspecified atom stereocenters. The number of ether oxygens (including phenoxy) is 1. The molecule has 1 N–H and O–H groups in total. The van der Waals surface area contributed by atoms with Crippen LogP contribution in [0.1, 0.15) is 47.0 Å². The molecule has 0 aromatic carbocycles. The van der Waals surface area contributed by atoms with E-state index in [9.17, 15) is 23.1 Å². The minimum atomic E-state index is -4.80. The Kier molecular flexibility index (Phi) is 4.63. The quantitative estimate of drug-likeness (QED) is 0.809. The molecule has 0 aliphatic carbocycles. The van der Waals surface area contributed by atoms with Crippen LogP contribution in [0.4, 0.5) is 18.0 Å². The highest BCUT2D eigenvalue weighted by molar-refractivity contribution is 5.69. The van der Waals surface area contributed by atoms with E-state index in [1.807, 2.05) is 0 Å². The smallest absolute Gasteiger partial charge is 0.418 e. The van der Waals surface area contributed by atoms with Gasteiger partial charge in [-0.2, -0.15) is 13.2 Å². The SMILES string of the molecule is CC(C)(C)OC(=O)N1CCCC[C@@H]1[C@](C)(O)C(F)(F)F. The lowest BCUT2D eigenvalue weighted by Crippen LogP contribution is -2.62. The van der Waals surface area contributed by atoms with Crippen LogP contribution in [0.5, 0.6) is 0 Å². The lowest BCUT2D eigenvalue weighted by molar-refractivity contribution is -0.274. The normalized spacial score (nSPS) is 24.2. The first-order valence-corrected chi connectivity index (χ1v) is 6.65. The van der Waals surface area contributed by atoms with Crippen molar-refractivity contribution in [2.45, 2.75) is 70.4 Å². The fourth-order valence-electron chi connectivity index (χ4n) is 2.24. The maximum absolute atomic E-state index is 13.0. The van der Waals surface area contributed by atoms with Gasteiger partial charge in [-0.05, 0) is 47.0 Å². The Morgan fingerprint density at radius 2 is 1.75 bits per heavy atom. The topological polar surface area (TPSA) is 49.8 Å². The molecule has 4 nitrogen and oxygen atoms in total. The number of piperidine rings is 1. The Morgan fingerprint density at radius 1 is 1.20 bits per heavy atom. The van der Waals surface area contributed by atoms with Gasteiger partial charge in [-0.1, -0.05) is 0 Å². The monoisotopic (exact) mass is 297 g/mol. The molecule has 2 atom stereocenters. The highest BCUT2D eigenvalue weighted by atomic mass is 19.4. The highest BCUT2D eigenvalue weighted by Crippen LogP contribution is 2.38. The van der Waals surface area contributed by atoms with Crippen LogP contribution in [-0.4, -0.2) is 46.1 Å². The van der Waals surface area contributed by atoms with Crippen LogP contribution < -0.4 is 0 Å². The van der Waals surface area contributed by atoms with Gasteiger partial charge >= 0.3 is 12.3 Å². The first-order valence-electron chi connectivity index (χ1n) is 6.65. The van der Waals surface area contributed by atoms with E-state index in [0.29, 0.717) is 19.8 Å². The molecule has 0 saturated carbocycles. The van der Waals surface area contributed by atoms with Crippen LogP contribution in [-0.2, 0) is 4.74 Å². The zero-order chi connectivity index (χ0) is 15.8. The van der Waals surface area contributed by atoms with Gasteiger partial charge in [0.05, 0.1) is 6.04 Å². The fourth-order valence-corrected chi connectivity index (χ4v) is 2.24. The number of hydrogen-bond donors (Lipinski definition) is 1. The number of aliphatic hydroxyl groups is 1. The number of rotatable bonds is 1. The molecule has 1 amide bonds. The van der Waals surface area contributed by atoms with Crippen molar-refractivity contribution >= 4 is 6.09 Å². The van der Waals surface area contributed by atoms with Crippen LogP contribution in [0.15, 0.2) is 0 Å². The number of alkyl halides is 3. The lowest BCUT2D eigenvalue weighted by Gasteiger charge is -2.44. The summed E-state index contributed by atoms with van der Waals surface area (Å²) in [5.74, 6) is 0. The van der Waals surface area contributed by atoms with Crippen LogP contribution in [0.2, 0.25) is 0 Å². The molecule has 1 heterocycles. The summed E-state index contributed by atoms with van der Waals surface area (Å²) >= 11 is 0. The first-order chi connectivity index (χ1) is 8.86. The molecule has 1 saturated heterocycles. The summed E-state index contributed by atoms with van der Waals surface area (Å²) in [5, 5.41) is 9.82. The number of hydrogen-bond acceptors (Lipinski definition) is 3. The lowest BCUT2D eigenvalue weighted by atomic mass is 9.87. The Labute approximate surface area is 116 Å². The van der Waals surface area contributed by atoms with Crippen molar-refractivity contribution in [1.82, 2.24) is 4.90 Å². The van der Waals surface area contributed by atoms with Gasteiger partial charge in [-0.25, -0.2) is 4.79 Å². The third kappa shape index (κ3) is 3.77. The highest BCUT2D eigenvalue weighted by Gasteiger charge is 2.58. The Morgan fingerprint density at radius 3 is 2.20 bits per heavy atom. The molecular weight excluding hydrogens is 275 g/mol. The molecule has 20 heavy (non-hydrogen) atoms. The molecule has 0 radical (unpaired) electrons. The zero-order valence-corrected chi connectivity index (χ0v) is 12.3. The van der Waals surface area contributed by atoms with Crippen LogP contribution in [0.25, 0.3) is 0 Å². The molecular formula is C13H22F3NO3. The average molecular weight is 297 g/mol. The molecule has 0 spiro atoms. The summed E-state index contributed by atoms with van der Waals surface area (Å²) in [7, 11) is 0. The van der Waals surface area contributed by atoms with Gasteiger partial charge < -0.3 is 14.7 Å². The van der Waals surface area contributed by atoms with Gasteiger partial charge in [0.1, 0.15) is 5.60 Å². The summed E-state index contributed by atoms with van der Waals surface area (Å²) in [5.41, 5.74) is -3.73. The average Bonchev–Trinajstić information content (AvgIpc) is 2.25. The number of carbonyl (C=O) groups excluding carboxylic acids is 1. The predicted octanol–water partition coefficient (Wildman–Crippen LogP) is 3.09. The number of halogens is 3. The van der Waals surface area contributed by atoms with Crippen molar-refractivity contribution in [2.75, 3.05) is 6.54 Å². The standard InChI is InChI=1S/C13H22F3NO3/c1-11(2,3)20-10(18)17-8-6-5-7-9(17)12(4,19)13(14,15)16/h9,19H,5-8H2,1-4H3/t9-,12+/m1/s1. The van der Waals surface area contributed by atoms with E-state index in [1.54, 1.807) is 20.8 Å². The van der Waals surface area contributed by atoms with Crippen molar-refractivity contribution in [1.29, 1.82) is 0 Å². The van der Waals surface area contributed by atoms with Crippen LogP contribution >= 0.6 is 0 Å². The largest absolute Gasteiger partial charge is 0.444 e. The van der Waals surface area contributed by atoms with E-state index >= 15 is 0 Å². The zero-order valence-electron chi connectivity index (χ0n) is 12.3. The molecule has 1 aliphatic rings. The maximum atomic E-state index is 13.0. The van der Waals surface area contributed by atoms with Gasteiger partial charge in [0.25, 0.3) is 0 Å². The molecule has 0 aromatic rings. The summed E-state index contributed by atoms with van der Waals surface area (Å²) in [6.07, 6.45) is -4.37. The van der Waals surface area contributed by atoms with Crippen molar-refractivity contribution in [3.8, 4) is 0 Å². The molecule has 7 heteroatoms. The number of amides is 1. The van der Waals surface area contributed by atoms with Gasteiger partial charge in [0.15, 0.2) is 5.60 Å². The van der Waals surface area contributed by atoms with Gasteiger partial charge in [0.2, 0.25) is 0 Å². The second-order valence-electron chi connectivity index (χ2n) is 6.33. The van der Waals surface area contributed by atoms with Crippen molar-refractivity contribution in [3.05, 3.63) is 0 Å². The van der Waals surface area contributed by atoms with E-state index in [-0.39, 0.29) is 13.0 Å². The van der Waals surface area contributed by atoms with Crippen molar-refractivity contribution in [3.63, 3.8) is 0 Å². The summed E-state index contributed by atoms with van der Waals surface area (Å²) in [6.45, 7) is 5.80. The molecule has 118 valence electrons. The van der Waals surface area contributed by atoms with E-state index in [1.165, 1.54) is 0 Å². The molecule has 0 aromatic heterocycles. The fraction of sp³-hybridized carbons (Fsp3) is 0.923. The Bertz CT molecular complexity index is 361. The summed E-state index contributed by atoms with van der Waals surface area (Å²) < 4.78 is 44.0. The number of nitrogens with zero attached hydrogens (tertiary/aromatic N) is 1. The van der Waals surface area contributed by atoms with Crippen LogP contribution in [0, 0.1) is 0 Å². The Balaban J connectivity index is 2.95. The van der Waals surface area contributed by atoms with Crippen molar-refractivity contribution in [2.24, 2.45) is 0 Å². The van der Waals surface area contributed by atoms with E-state index in [4.69, 9.17) is 4.74 Å². The molecule has 1 aliphatic heterocycles. The van der Waals surface area contributed by atoms with Crippen LogP contribution in [0.3, 0.4) is 0 Å². The summed E-state index contributed by atoms with van der Waals surface area (Å²) in [6, 6.07) is -1.31. The minimum Gasteiger partial charge on any atom is -0.444 e. The number of likely N-dealkylation sites (tertiary alicyclic amines) is 1. The maximum Gasteiger partial charge on any atom is 0.418 e. The second-order valence-corrected chi connectivity index (χ2v) is 6.33. The van der Waals surface area contributed by atoms with Gasteiger partial charge in [0, 0.05) is 6.54 Å². The third-order valence-corrected chi connectivity index (χ3v) is 3.35. The predicted molar refractivity (Wildman–Crippen MR) is 67.3 cm³/mol. The summed E-state index contributed by atoms with van der Waals surface area (Å²) in [4.78, 5) is 13.0. The Hall–Kier alpha value is -0.980. The van der Waals surface area contributed by atoms with Crippen molar-refractivity contribution < 1.29 is 27.8 Å². The van der Waals surface area contributed by atoms with E-state index in [2.05, 4.69) is 0 Å². The third-order valence-electron chi connectivity index (χ3n) is 3.35. The van der Waals surface area contributed by atoms with Gasteiger partial charge in [-0.3, -0.25) is 0 Å². The molecule has 0 bridgehead atoms. The molecule has 1 fully saturated rings. The second kappa shape index (κ2) is 5.42.